The summed E-state index contributed by atoms with van der Waals surface area (Å²) in [6.45, 7) is 3.19. The number of aliphatic hydroxyl groups is 1. The number of carbonyl (C=O) groups is 3. The van der Waals surface area contributed by atoms with Gasteiger partial charge in [0.15, 0.2) is 0 Å². The molecule has 0 aromatic heterocycles. The Morgan fingerprint density at radius 3 is 2.60 bits per heavy atom. The van der Waals surface area contributed by atoms with E-state index in [1.165, 1.54) is 6.42 Å². The molecule has 7 nitrogen and oxygen atoms in total. The maximum absolute atomic E-state index is 14.3. The number of likely N-dealkylation sites (tertiary alicyclic amines) is 1. The van der Waals surface area contributed by atoms with Crippen LogP contribution < -0.4 is 0 Å². The van der Waals surface area contributed by atoms with Crippen molar-refractivity contribution in [3.05, 3.63) is 24.3 Å². The fourth-order valence-electron chi connectivity index (χ4n) is 7.02. The minimum absolute atomic E-state index is 0.00662. The first-order valence-electron chi connectivity index (χ1n) is 13.4. The molecule has 4 heterocycles. The van der Waals surface area contributed by atoms with Gasteiger partial charge in [0.2, 0.25) is 11.8 Å². The first-order valence-corrected chi connectivity index (χ1v) is 14.2. The normalized spacial score (nSPS) is 39.0. The van der Waals surface area contributed by atoms with Gasteiger partial charge in [-0.3, -0.25) is 14.4 Å². The van der Waals surface area contributed by atoms with Crippen molar-refractivity contribution in [2.24, 2.45) is 11.8 Å². The van der Waals surface area contributed by atoms with Gasteiger partial charge in [-0.15, -0.1) is 11.8 Å². The van der Waals surface area contributed by atoms with Crippen molar-refractivity contribution in [2.75, 3.05) is 26.3 Å². The van der Waals surface area contributed by atoms with Crippen LogP contribution in [0.3, 0.4) is 0 Å². The topological polar surface area (TPSA) is 87.1 Å². The van der Waals surface area contributed by atoms with E-state index < -0.39 is 27.4 Å². The largest absolute Gasteiger partial charge is 0.465 e. The molecule has 1 N–H and O–H groups in total. The molecule has 0 radical (unpaired) electrons. The van der Waals surface area contributed by atoms with E-state index in [1.807, 2.05) is 11.8 Å². The molecule has 1 aliphatic carbocycles. The fraction of sp³-hybridized carbons (Fsp3) is 0.741. The quantitative estimate of drug-likeness (QED) is 0.470. The summed E-state index contributed by atoms with van der Waals surface area (Å²) in [5.74, 6) is -1.82. The molecule has 2 saturated heterocycles. The zero-order chi connectivity index (χ0) is 24.6. The molecule has 1 spiro atoms. The van der Waals surface area contributed by atoms with Crippen LogP contribution in [0.1, 0.15) is 64.7 Å². The Morgan fingerprint density at radius 1 is 1.03 bits per heavy atom. The highest BCUT2D eigenvalue weighted by molar-refractivity contribution is 8.02. The van der Waals surface area contributed by atoms with Crippen LogP contribution in [0.2, 0.25) is 0 Å². The van der Waals surface area contributed by atoms with Crippen LogP contribution in [0, 0.1) is 11.8 Å². The molecule has 3 fully saturated rings. The summed E-state index contributed by atoms with van der Waals surface area (Å²) < 4.78 is 4.24. The number of carbonyl (C=O) groups excluding carboxylic acids is 3. The summed E-state index contributed by atoms with van der Waals surface area (Å²) in [6, 6.07) is -0.481. The van der Waals surface area contributed by atoms with Gasteiger partial charge < -0.3 is 19.6 Å². The van der Waals surface area contributed by atoms with Crippen molar-refractivity contribution in [1.29, 1.82) is 0 Å². The fourth-order valence-corrected chi connectivity index (χ4v) is 9.17. The Balaban J connectivity index is 1.59. The van der Waals surface area contributed by atoms with Crippen molar-refractivity contribution in [3.63, 3.8) is 0 Å². The van der Waals surface area contributed by atoms with E-state index in [-0.39, 0.29) is 30.4 Å². The van der Waals surface area contributed by atoms with E-state index in [2.05, 4.69) is 24.3 Å². The van der Waals surface area contributed by atoms with E-state index in [1.54, 1.807) is 16.7 Å². The van der Waals surface area contributed by atoms with Gasteiger partial charge in [0.25, 0.3) is 0 Å². The Bertz CT molecular complexity index is 915. The van der Waals surface area contributed by atoms with Crippen LogP contribution in [0.5, 0.6) is 0 Å². The monoisotopic (exact) mass is 502 g/mol. The SMILES string of the molecule is C[C@]12/C=C\CCCCOC(=O)[C@H]1[C@H]1C(=O)N(CCCO)C3C(=O)N(C4CCCCC4)CC=C[C@@]31S2. The highest BCUT2D eigenvalue weighted by atomic mass is 32.2. The molecule has 1 unspecified atom stereocenters. The lowest BCUT2D eigenvalue weighted by atomic mass is 9.74. The van der Waals surface area contributed by atoms with Gasteiger partial charge >= 0.3 is 5.97 Å². The molecule has 5 rings (SSSR count). The highest BCUT2D eigenvalue weighted by Crippen LogP contribution is 2.65. The van der Waals surface area contributed by atoms with Crippen LogP contribution in [-0.2, 0) is 19.1 Å². The van der Waals surface area contributed by atoms with Gasteiger partial charge in [-0.05, 0) is 45.4 Å². The van der Waals surface area contributed by atoms with Crippen LogP contribution in [-0.4, -0.2) is 80.6 Å². The number of fused-ring (bicyclic) bond motifs is 2. The predicted molar refractivity (Wildman–Crippen MR) is 135 cm³/mol. The maximum Gasteiger partial charge on any atom is 0.311 e. The molecule has 0 aromatic carbocycles. The number of allylic oxidation sites excluding steroid dienone is 1. The maximum atomic E-state index is 14.3. The molecule has 0 aromatic rings. The van der Waals surface area contributed by atoms with Crippen molar-refractivity contribution in [3.8, 4) is 0 Å². The third-order valence-corrected chi connectivity index (χ3v) is 10.4. The summed E-state index contributed by atoms with van der Waals surface area (Å²) in [4.78, 5) is 45.5. The highest BCUT2D eigenvalue weighted by Gasteiger charge is 2.73. The van der Waals surface area contributed by atoms with Crippen molar-refractivity contribution < 1.29 is 24.2 Å². The molecule has 4 aliphatic heterocycles. The number of ether oxygens (including phenoxy) is 1. The summed E-state index contributed by atoms with van der Waals surface area (Å²) in [7, 11) is 0. The minimum Gasteiger partial charge on any atom is -0.465 e. The van der Waals surface area contributed by atoms with Gasteiger partial charge in [-0.1, -0.05) is 43.6 Å². The van der Waals surface area contributed by atoms with Crippen LogP contribution in [0.4, 0.5) is 0 Å². The molecule has 0 bridgehead atoms. The van der Waals surface area contributed by atoms with Gasteiger partial charge in [0.05, 0.1) is 23.2 Å². The zero-order valence-electron chi connectivity index (χ0n) is 20.7. The van der Waals surface area contributed by atoms with Gasteiger partial charge in [-0.2, -0.15) is 0 Å². The van der Waals surface area contributed by atoms with Gasteiger partial charge in [0, 0.05) is 30.5 Å². The summed E-state index contributed by atoms with van der Waals surface area (Å²) in [5, 5.41) is 9.55. The Labute approximate surface area is 212 Å². The smallest absolute Gasteiger partial charge is 0.311 e. The zero-order valence-corrected chi connectivity index (χ0v) is 21.5. The number of hydrogen-bond acceptors (Lipinski definition) is 6. The number of amides is 2. The average Bonchev–Trinajstić information content (AvgIpc) is 3.17. The minimum atomic E-state index is -0.829. The molecule has 192 valence electrons. The number of esters is 1. The second-order valence-electron chi connectivity index (χ2n) is 10.9. The first-order chi connectivity index (χ1) is 16.9. The molecule has 2 amide bonds. The standard InChI is InChI=1S/C27H38N2O5S/c1-26-13-7-2-3-8-18-34-25(33)21(26)20-23(31)29(16-10-17-30)22-24(32)28(19-11-5-4-6-12-19)15-9-14-27(20,22)35-26/h7,9,13-14,19-22,30H,2-6,8,10-12,15-18H2,1H3/b13-7-/t20-,21+,22?,26-,27-/m0/s1. The van der Waals surface area contributed by atoms with Crippen LogP contribution >= 0.6 is 11.8 Å². The molecule has 8 heteroatoms. The average molecular weight is 503 g/mol. The lowest BCUT2D eigenvalue weighted by Crippen LogP contribution is -2.55. The van der Waals surface area contributed by atoms with E-state index in [0.717, 1.165) is 44.9 Å². The molecule has 5 aliphatic rings. The van der Waals surface area contributed by atoms with E-state index in [4.69, 9.17) is 4.74 Å². The third kappa shape index (κ3) is 4.14. The second kappa shape index (κ2) is 9.92. The van der Waals surface area contributed by atoms with E-state index in [9.17, 15) is 19.5 Å². The number of hydrogen-bond donors (Lipinski definition) is 1. The lowest BCUT2D eigenvalue weighted by molar-refractivity contribution is -0.154. The molecular weight excluding hydrogens is 464 g/mol. The number of aliphatic hydroxyl groups excluding tert-OH is 1. The Hall–Kier alpha value is -1.80. The molecule has 5 atom stereocenters. The summed E-state index contributed by atoms with van der Waals surface area (Å²) in [5.41, 5.74) is 0. The summed E-state index contributed by atoms with van der Waals surface area (Å²) in [6.07, 6.45) is 16.9. The first kappa shape index (κ1) is 24.9. The van der Waals surface area contributed by atoms with Crippen molar-refractivity contribution in [1.82, 2.24) is 9.80 Å². The second-order valence-corrected chi connectivity index (χ2v) is 12.6. The van der Waals surface area contributed by atoms with Gasteiger partial charge in [0.1, 0.15) is 6.04 Å². The number of nitrogens with zero attached hydrogens (tertiary/aromatic N) is 2. The molecular formula is C27H38N2O5S. The van der Waals surface area contributed by atoms with Crippen molar-refractivity contribution >= 4 is 29.5 Å². The van der Waals surface area contributed by atoms with Crippen molar-refractivity contribution in [2.45, 2.75) is 86.3 Å². The summed E-state index contributed by atoms with van der Waals surface area (Å²) >= 11 is 1.60. The number of cyclic esters (lactones) is 1. The predicted octanol–water partition coefficient (Wildman–Crippen LogP) is 3.07. The third-order valence-electron chi connectivity index (χ3n) is 8.60. The van der Waals surface area contributed by atoms with Crippen LogP contribution in [0.25, 0.3) is 0 Å². The molecule has 35 heavy (non-hydrogen) atoms. The lowest BCUT2D eigenvalue weighted by Gasteiger charge is -2.40. The number of rotatable bonds is 4. The van der Waals surface area contributed by atoms with Crippen LogP contribution in [0.15, 0.2) is 24.3 Å². The molecule has 1 saturated carbocycles. The van der Waals surface area contributed by atoms with E-state index >= 15 is 0 Å². The van der Waals surface area contributed by atoms with E-state index in [0.29, 0.717) is 26.1 Å². The Kier molecular flexibility index (Phi) is 7.05. The van der Waals surface area contributed by atoms with Gasteiger partial charge in [-0.25, -0.2) is 0 Å². The number of thioether (sulfide) groups is 1. The Morgan fingerprint density at radius 2 is 1.83 bits per heavy atom.